The second-order valence-corrected chi connectivity index (χ2v) is 4.58. The summed E-state index contributed by atoms with van der Waals surface area (Å²) in [6.07, 6.45) is 1.04. The van der Waals surface area contributed by atoms with Gasteiger partial charge in [0, 0.05) is 10.5 Å². The SMILES string of the molecule is O=C(O)c1cnoc1-c1ccc(SC(F)(F)F)cc1. The molecule has 0 radical (unpaired) electrons. The summed E-state index contributed by atoms with van der Waals surface area (Å²) in [5, 5.41) is 12.2. The molecule has 0 amide bonds. The first kappa shape index (κ1) is 13.5. The van der Waals surface area contributed by atoms with Gasteiger partial charge in [0.05, 0.1) is 6.20 Å². The normalized spacial score (nSPS) is 11.5. The number of aromatic carboxylic acids is 1. The van der Waals surface area contributed by atoms with Gasteiger partial charge in [0.2, 0.25) is 0 Å². The predicted octanol–water partition coefficient (Wildman–Crippen LogP) is 3.65. The van der Waals surface area contributed by atoms with Gasteiger partial charge in [0.1, 0.15) is 5.56 Å². The number of halogens is 3. The number of nitrogens with zero attached hydrogens (tertiary/aromatic N) is 1. The summed E-state index contributed by atoms with van der Waals surface area (Å²) in [7, 11) is 0. The van der Waals surface area contributed by atoms with Crippen molar-refractivity contribution in [2.24, 2.45) is 0 Å². The number of aromatic nitrogens is 1. The van der Waals surface area contributed by atoms with Crippen molar-refractivity contribution in [3.05, 3.63) is 36.0 Å². The molecule has 8 heteroatoms. The van der Waals surface area contributed by atoms with E-state index in [1.54, 1.807) is 0 Å². The summed E-state index contributed by atoms with van der Waals surface area (Å²) in [5.41, 5.74) is -4.15. The molecule has 0 spiro atoms. The predicted molar refractivity (Wildman–Crippen MR) is 60.8 cm³/mol. The highest BCUT2D eigenvalue weighted by Gasteiger charge is 2.29. The lowest BCUT2D eigenvalue weighted by Crippen LogP contribution is -1.99. The lowest BCUT2D eigenvalue weighted by molar-refractivity contribution is -0.0328. The van der Waals surface area contributed by atoms with Crippen molar-refractivity contribution in [3.63, 3.8) is 0 Å². The molecule has 0 saturated carbocycles. The molecule has 0 fully saturated rings. The lowest BCUT2D eigenvalue weighted by atomic mass is 10.1. The summed E-state index contributed by atoms with van der Waals surface area (Å²) in [6, 6.07) is 5.17. The second-order valence-electron chi connectivity index (χ2n) is 3.45. The van der Waals surface area contributed by atoms with Crippen LogP contribution < -0.4 is 0 Å². The Kier molecular flexibility index (Phi) is 3.52. The van der Waals surface area contributed by atoms with Crippen LogP contribution in [0.15, 0.2) is 39.9 Å². The summed E-state index contributed by atoms with van der Waals surface area (Å²) >= 11 is -0.245. The minimum atomic E-state index is -4.36. The highest BCUT2D eigenvalue weighted by Crippen LogP contribution is 2.37. The van der Waals surface area contributed by atoms with Crippen LogP contribution in [0.1, 0.15) is 10.4 Å². The zero-order chi connectivity index (χ0) is 14.0. The molecule has 0 unspecified atom stereocenters. The Hall–Kier alpha value is -1.96. The lowest BCUT2D eigenvalue weighted by Gasteiger charge is -2.05. The van der Waals surface area contributed by atoms with E-state index in [1.807, 2.05) is 0 Å². The Bertz CT molecular complexity index is 592. The van der Waals surface area contributed by atoms with Gasteiger partial charge >= 0.3 is 11.5 Å². The van der Waals surface area contributed by atoms with Crippen molar-refractivity contribution in [2.45, 2.75) is 10.4 Å². The van der Waals surface area contributed by atoms with Gasteiger partial charge in [0.25, 0.3) is 0 Å². The third kappa shape index (κ3) is 3.28. The fourth-order valence-corrected chi connectivity index (χ4v) is 1.95. The Morgan fingerprint density at radius 3 is 2.42 bits per heavy atom. The number of hydrogen-bond acceptors (Lipinski definition) is 4. The van der Waals surface area contributed by atoms with E-state index in [1.165, 1.54) is 24.3 Å². The van der Waals surface area contributed by atoms with Crippen molar-refractivity contribution in [2.75, 3.05) is 0 Å². The Labute approximate surface area is 109 Å². The molecule has 1 aromatic heterocycles. The maximum atomic E-state index is 12.1. The van der Waals surface area contributed by atoms with Crippen LogP contribution in [0.5, 0.6) is 0 Å². The summed E-state index contributed by atoms with van der Waals surface area (Å²) in [6.45, 7) is 0. The van der Waals surface area contributed by atoms with Gasteiger partial charge in [-0.25, -0.2) is 4.79 Å². The molecule has 1 N–H and O–H groups in total. The fourth-order valence-electron chi connectivity index (χ4n) is 1.41. The molecule has 2 aromatic rings. The summed E-state index contributed by atoms with van der Waals surface area (Å²) < 4.78 is 41.2. The average molecular weight is 289 g/mol. The van der Waals surface area contributed by atoms with E-state index in [0.717, 1.165) is 6.20 Å². The number of benzene rings is 1. The molecule has 1 aromatic carbocycles. The van der Waals surface area contributed by atoms with Crippen LogP contribution >= 0.6 is 11.8 Å². The van der Waals surface area contributed by atoms with Crippen molar-refractivity contribution in [1.82, 2.24) is 5.16 Å². The number of carbonyl (C=O) groups is 1. The number of alkyl halides is 3. The van der Waals surface area contributed by atoms with Crippen LogP contribution in [-0.2, 0) is 0 Å². The number of carboxylic acid groups (broad SMARTS) is 1. The highest BCUT2D eigenvalue weighted by atomic mass is 32.2. The molecule has 0 atom stereocenters. The van der Waals surface area contributed by atoms with E-state index in [2.05, 4.69) is 5.16 Å². The molecule has 0 aliphatic carbocycles. The zero-order valence-electron chi connectivity index (χ0n) is 9.14. The van der Waals surface area contributed by atoms with Gasteiger partial charge < -0.3 is 9.63 Å². The summed E-state index contributed by atoms with van der Waals surface area (Å²) in [5.74, 6) is -1.21. The van der Waals surface area contributed by atoms with Crippen LogP contribution in [0.3, 0.4) is 0 Å². The standard InChI is InChI=1S/C11H6F3NO3S/c12-11(13,14)19-7-3-1-6(2-4-7)9-8(10(16)17)5-15-18-9/h1-5H,(H,16,17). The van der Waals surface area contributed by atoms with E-state index in [9.17, 15) is 18.0 Å². The molecule has 1 heterocycles. The van der Waals surface area contributed by atoms with Crippen LogP contribution in [0.25, 0.3) is 11.3 Å². The van der Waals surface area contributed by atoms with Crippen LogP contribution in [0.4, 0.5) is 13.2 Å². The van der Waals surface area contributed by atoms with Gasteiger partial charge in [0.15, 0.2) is 5.76 Å². The highest BCUT2D eigenvalue weighted by molar-refractivity contribution is 8.00. The Balaban J connectivity index is 2.28. The van der Waals surface area contributed by atoms with Gasteiger partial charge in [-0.1, -0.05) is 5.16 Å². The molecular formula is C11H6F3NO3S. The molecule has 100 valence electrons. The van der Waals surface area contributed by atoms with Gasteiger partial charge in [-0.05, 0) is 36.0 Å². The van der Waals surface area contributed by atoms with E-state index >= 15 is 0 Å². The van der Waals surface area contributed by atoms with Crippen LogP contribution in [0, 0.1) is 0 Å². The molecule has 0 aliphatic heterocycles. The van der Waals surface area contributed by atoms with Crippen LogP contribution in [0.2, 0.25) is 0 Å². The molecule has 2 rings (SSSR count). The maximum absolute atomic E-state index is 12.1. The molecule has 19 heavy (non-hydrogen) atoms. The third-order valence-corrected chi connectivity index (χ3v) is 2.89. The van der Waals surface area contributed by atoms with Crippen molar-refractivity contribution in [3.8, 4) is 11.3 Å². The fraction of sp³-hybridized carbons (Fsp3) is 0.0909. The summed E-state index contributed by atoms with van der Waals surface area (Å²) in [4.78, 5) is 10.9. The molecule has 4 nitrogen and oxygen atoms in total. The van der Waals surface area contributed by atoms with Crippen molar-refractivity contribution >= 4 is 17.7 Å². The van der Waals surface area contributed by atoms with Crippen molar-refractivity contribution < 1.29 is 27.6 Å². The quantitative estimate of drug-likeness (QED) is 0.874. The number of thioether (sulfide) groups is 1. The first-order valence-electron chi connectivity index (χ1n) is 4.91. The maximum Gasteiger partial charge on any atom is 0.446 e. The van der Waals surface area contributed by atoms with Gasteiger partial charge in [-0.2, -0.15) is 13.2 Å². The Morgan fingerprint density at radius 1 is 1.26 bits per heavy atom. The monoisotopic (exact) mass is 289 g/mol. The van der Waals surface area contributed by atoms with Gasteiger partial charge in [-0.15, -0.1) is 0 Å². The van der Waals surface area contributed by atoms with Crippen LogP contribution in [-0.4, -0.2) is 21.7 Å². The molecule has 0 saturated heterocycles. The molecule has 0 aliphatic rings. The van der Waals surface area contributed by atoms with Gasteiger partial charge in [-0.3, -0.25) is 0 Å². The van der Waals surface area contributed by atoms with E-state index in [-0.39, 0.29) is 28.0 Å². The van der Waals surface area contributed by atoms with Crippen molar-refractivity contribution in [1.29, 1.82) is 0 Å². The number of rotatable bonds is 3. The smallest absolute Gasteiger partial charge is 0.446 e. The first-order valence-corrected chi connectivity index (χ1v) is 5.72. The largest absolute Gasteiger partial charge is 0.477 e. The molecular weight excluding hydrogens is 283 g/mol. The molecule has 0 bridgehead atoms. The number of hydrogen-bond donors (Lipinski definition) is 1. The Morgan fingerprint density at radius 2 is 1.89 bits per heavy atom. The minimum Gasteiger partial charge on any atom is -0.477 e. The minimum absolute atomic E-state index is 0.00707. The average Bonchev–Trinajstić information content (AvgIpc) is 2.76. The van der Waals surface area contributed by atoms with E-state index in [0.29, 0.717) is 5.56 Å². The van der Waals surface area contributed by atoms with E-state index < -0.39 is 11.5 Å². The number of carboxylic acids is 1. The zero-order valence-corrected chi connectivity index (χ0v) is 9.96. The second kappa shape index (κ2) is 4.96. The topological polar surface area (TPSA) is 63.3 Å². The first-order chi connectivity index (χ1) is 8.87. The third-order valence-electron chi connectivity index (χ3n) is 2.15. The van der Waals surface area contributed by atoms with E-state index in [4.69, 9.17) is 9.63 Å².